The summed E-state index contributed by atoms with van der Waals surface area (Å²) in [4.78, 5) is 4.97. The maximum absolute atomic E-state index is 7.76. The van der Waals surface area contributed by atoms with Crippen LogP contribution in [0.4, 0.5) is 17.1 Å². The van der Waals surface area contributed by atoms with Gasteiger partial charge in [0.05, 0.1) is 28.6 Å². The number of aromatic nitrogens is 2. The third-order valence-electron chi connectivity index (χ3n) is 5.79. The van der Waals surface area contributed by atoms with Crippen molar-refractivity contribution in [2.45, 2.75) is 37.8 Å². The molecule has 1 aromatic carbocycles. The third kappa shape index (κ3) is 3.56. The minimum Gasteiger partial charge on any atom is -0.368 e. The molecule has 27 heavy (non-hydrogen) atoms. The second-order valence-electron chi connectivity index (χ2n) is 7.85. The molecule has 3 fully saturated rings. The van der Waals surface area contributed by atoms with Crippen LogP contribution >= 0.6 is 11.6 Å². The first-order chi connectivity index (χ1) is 13.2. The Bertz CT molecular complexity index is 846. The van der Waals surface area contributed by atoms with E-state index < -0.39 is 0 Å². The number of anilines is 3. The van der Waals surface area contributed by atoms with Crippen molar-refractivity contribution in [2.75, 3.05) is 36.4 Å². The number of benzene rings is 1. The van der Waals surface area contributed by atoms with Crippen LogP contribution < -0.4 is 10.2 Å². The van der Waals surface area contributed by atoms with Gasteiger partial charge in [-0.3, -0.25) is 9.58 Å². The lowest BCUT2D eigenvalue weighted by Crippen LogP contribution is -2.47. The first-order valence-electron chi connectivity index (χ1n) is 9.85. The Morgan fingerprint density at radius 3 is 2.48 bits per heavy atom. The number of hydrogen-bond acceptors (Lipinski definition) is 5. The Hall–Kier alpha value is -2.05. The van der Waals surface area contributed by atoms with Crippen LogP contribution in [0.25, 0.3) is 0 Å². The van der Waals surface area contributed by atoms with E-state index in [1.165, 1.54) is 31.9 Å². The molecule has 0 bridgehead atoms. The quantitative estimate of drug-likeness (QED) is 0.741. The van der Waals surface area contributed by atoms with E-state index >= 15 is 0 Å². The predicted molar refractivity (Wildman–Crippen MR) is 110 cm³/mol. The van der Waals surface area contributed by atoms with Gasteiger partial charge in [-0.05, 0) is 37.8 Å². The van der Waals surface area contributed by atoms with Crippen molar-refractivity contribution in [1.29, 1.82) is 5.41 Å². The minimum atomic E-state index is 0.561. The molecule has 6 nitrogen and oxygen atoms in total. The molecule has 2 aromatic rings. The van der Waals surface area contributed by atoms with Crippen LogP contribution in [0.3, 0.4) is 0 Å². The molecule has 2 N–H and O–H groups in total. The van der Waals surface area contributed by atoms with E-state index in [9.17, 15) is 0 Å². The predicted octanol–water partition coefficient (Wildman–Crippen LogP) is 3.90. The maximum Gasteiger partial charge on any atom is 0.0770 e. The van der Waals surface area contributed by atoms with Crippen LogP contribution in [0, 0.1) is 5.41 Å². The molecule has 0 unspecified atom stereocenters. The summed E-state index contributed by atoms with van der Waals surface area (Å²) in [6.07, 6.45) is 10.4. The molecular formula is C20H25ClN6. The highest BCUT2D eigenvalue weighted by atomic mass is 35.5. The average molecular weight is 385 g/mol. The molecule has 1 saturated heterocycles. The lowest BCUT2D eigenvalue weighted by molar-refractivity contribution is 0.248. The van der Waals surface area contributed by atoms with Crippen molar-refractivity contribution in [3.8, 4) is 0 Å². The van der Waals surface area contributed by atoms with Crippen molar-refractivity contribution >= 4 is 34.9 Å². The molecule has 2 saturated carbocycles. The molecule has 3 aliphatic rings. The topological polar surface area (TPSA) is 60.2 Å². The van der Waals surface area contributed by atoms with E-state index in [0.29, 0.717) is 11.1 Å². The van der Waals surface area contributed by atoms with Crippen molar-refractivity contribution in [3.63, 3.8) is 0 Å². The van der Waals surface area contributed by atoms with Crippen LogP contribution in [0.15, 0.2) is 24.5 Å². The molecule has 1 aliphatic heterocycles. The Labute approximate surface area is 164 Å². The van der Waals surface area contributed by atoms with Crippen LogP contribution in [-0.4, -0.2) is 53.1 Å². The highest BCUT2D eigenvalue weighted by Gasteiger charge is 2.31. The van der Waals surface area contributed by atoms with E-state index in [0.717, 1.165) is 54.8 Å². The zero-order chi connectivity index (χ0) is 18.4. The van der Waals surface area contributed by atoms with Crippen LogP contribution in [0.5, 0.6) is 0 Å². The molecule has 0 spiro atoms. The van der Waals surface area contributed by atoms with Gasteiger partial charge in [-0.15, -0.1) is 0 Å². The number of piperazine rings is 1. The molecular weight excluding hydrogens is 360 g/mol. The molecule has 5 rings (SSSR count). The first kappa shape index (κ1) is 17.1. The van der Waals surface area contributed by atoms with Gasteiger partial charge in [-0.1, -0.05) is 11.6 Å². The zero-order valence-corrected chi connectivity index (χ0v) is 16.1. The van der Waals surface area contributed by atoms with Crippen LogP contribution in [0.2, 0.25) is 5.02 Å². The van der Waals surface area contributed by atoms with Gasteiger partial charge < -0.3 is 15.6 Å². The van der Waals surface area contributed by atoms with Gasteiger partial charge >= 0.3 is 0 Å². The highest BCUT2D eigenvalue weighted by molar-refractivity contribution is 6.33. The Kier molecular flexibility index (Phi) is 4.32. The smallest absolute Gasteiger partial charge is 0.0770 e. The number of nitrogens with zero attached hydrogens (tertiary/aromatic N) is 4. The third-order valence-corrected chi connectivity index (χ3v) is 6.10. The Balaban J connectivity index is 1.37. The number of hydrogen-bond donors (Lipinski definition) is 2. The van der Waals surface area contributed by atoms with E-state index in [-0.39, 0.29) is 0 Å². The van der Waals surface area contributed by atoms with Gasteiger partial charge in [0.15, 0.2) is 0 Å². The average Bonchev–Trinajstić information content (AvgIpc) is 3.62. The van der Waals surface area contributed by atoms with E-state index in [2.05, 4.69) is 26.3 Å². The van der Waals surface area contributed by atoms with E-state index in [1.807, 2.05) is 23.1 Å². The van der Waals surface area contributed by atoms with Gasteiger partial charge in [-0.25, -0.2) is 0 Å². The monoisotopic (exact) mass is 384 g/mol. The van der Waals surface area contributed by atoms with Crippen molar-refractivity contribution < 1.29 is 0 Å². The fourth-order valence-electron chi connectivity index (χ4n) is 3.91. The maximum atomic E-state index is 7.76. The fraction of sp³-hybridized carbons (Fsp3) is 0.500. The summed E-state index contributed by atoms with van der Waals surface area (Å²) in [5.74, 6) is 0. The fourth-order valence-corrected chi connectivity index (χ4v) is 4.20. The summed E-state index contributed by atoms with van der Waals surface area (Å²) >= 11 is 6.58. The van der Waals surface area contributed by atoms with Crippen LogP contribution in [-0.2, 0) is 0 Å². The summed E-state index contributed by atoms with van der Waals surface area (Å²) in [7, 11) is 0. The first-order valence-corrected chi connectivity index (χ1v) is 10.2. The summed E-state index contributed by atoms with van der Waals surface area (Å²) in [6, 6.07) is 5.36. The molecule has 7 heteroatoms. The Morgan fingerprint density at radius 1 is 1.07 bits per heavy atom. The van der Waals surface area contributed by atoms with E-state index in [4.69, 9.17) is 17.0 Å². The van der Waals surface area contributed by atoms with Gasteiger partial charge in [0, 0.05) is 55.9 Å². The molecule has 0 amide bonds. The van der Waals surface area contributed by atoms with Gasteiger partial charge in [0.1, 0.15) is 0 Å². The summed E-state index contributed by atoms with van der Waals surface area (Å²) in [5, 5.41) is 16.4. The lowest BCUT2D eigenvalue weighted by atomic mass is 10.1. The lowest BCUT2D eigenvalue weighted by Gasteiger charge is -2.37. The SMILES string of the molecule is N=Cc1cc(Cl)c(N2CCN(C3CC3)CC2)cc1Nc1cnn(C2CC2)c1. The van der Waals surface area contributed by atoms with Gasteiger partial charge in [0.25, 0.3) is 0 Å². The van der Waals surface area contributed by atoms with Crippen LogP contribution in [0.1, 0.15) is 37.3 Å². The van der Waals surface area contributed by atoms with Crippen molar-refractivity contribution in [1.82, 2.24) is 14.7 Å². The molecule has 2 heterocycles. The molecule has 0 radical (unpaired) electrons. The summed E-state index contributed by atoms with van der Waals surface area (Å²) in [5.41, 5.74) is 3.70. The normalized spacial score (nSPS) is 20.7. The highest BCUT2D eigenvalue weighted by Crippen LogP contribution is 2.37. The largest absolute Gasteiger partial charge is 0.368 e. The minimum absolute atomic E-state index is 0.561. The summed E-state index contributed by atoms with van der Waals surface area (Å²) in [6.45, 7) is 4.20. The second-order valence-corrected chi connectivity index (χ2v) is 8.26. The molecule has 142 valence electrons. The number of nitrogens with one attached hydrogen (secondary N) is 2. The van der Waals surface area contributed by atoms with Crippen molar-refractivity contribution in [2.24, 2.45) is 0 Å². The van der Waals surface area contributed by atoms with Gasteiger partial charge in [-0.2, -0.15) is 5.10 Å². The standard InChI is InChI=1S/C20H25ClN6/c21-18-9-14(11-22)19(24-15-12-23-27(13-15)17-3-4-17)10-20(18)26-7-5-25(6-8-26)16-1-2-16/h9-13,16-17,22,24H,1-8H2. The van der Waals surface area contributed by atoms with Crippen molar-refractivity contribution in [3.05, 3.63) is 35.1 Å². The Morgan fingerprint density at radius 2 is 1.81 bits per heavy atom. The molecule has 2 aliphatic carbocycles. The number of halogens is 1. The zero-order valence-electron chi connectivity index (χ0n) is 15.4. The second kappa shape index (κ2) is 6.84. The molecule has 0 atom stereocenters. The molecule has 1 aromatic heterocycles. The summed E-state index contributed by atoms with van der Waals surface area (Å²) < 4.78 is 2.03. The number of rotatable bonds is 6. The van der Waals surface area contributed by atoms with Gasteiger partial charge in [0.2, 0.25) is 0 Å². The van der Waals surface area contributed by atoms with E-state index in [1.54, 1.807) is 0 Å².